The fraction of sp³-hybridized carbons (Fsp3) is 1.00. The second-order valence-corrected chi connectivity index (χ2v) is 5.89. The zero-order valence-corrected chi connectivity index (χ0v) is 12.7. The third kappa shape index (κ3) is 3.52. The Morgan fingerprint density at radius 3 is 1.24 bits per heavy atom. The first-order valence-corrected chi connectivity index (χ1v) is 7.31. The molecule has 13 nitrogen and oxygen atoms in total. The van der Waals surface area contributed by atoms with Gasteiger partial charge in [0.25, 0.3) is 0 Å². The van der Waals surface area contributed by atoms with Crippen molar-refractivity contribution in [1.82, 2.24) is 0 Å². The van der Waals surface area contributed by atoms with Crippen LogP contribution >= 0.6 is 0 Å². The molecule has 2 aliphatic heterocycles. The van der Waals surface area contributed by atoms with Gasteiger partial charge in [0.1, 0.15) is 36.6 Å². The molecule has 13 heteroatoms. The predicted molar refractivity (Wildman–Crippen MR) is 70.9 cm³/mol. The fourth-order valence-electron chi connectivity index (χ4n) is 2.63. The van der Waals surface area contributed by atoms with Crippen molar-refractivity contribution in [2.24, 2.45) is 0 Å². The lowest BCUT2D eigenvalue weighted by molar-refractivity contribution is -0.556. The maximum atomic E-state index is 10.2. The number of aliphatic hydroxyl groups is 10. The highest BCUT2D eigenvalue weighted by atomic mass is 16.9. The number of hydrogen-bond donors (Lipinski definition) is 10. The zero-order valence-electron chi connectivity index (χ0n) is 12.7. The number of hydrogen-bond acceptors (Lipinski definition) is 13. The van der Waals surface area contributed by atoms with Crippen LogP contribution in [0.5, 0.6) is 0 Å². The Kier molecular flexibility index (Phi) is 6.02. The van der Waals surface area contributed by atoms with E-state index >= 15 is 0 Å². The largest absolute Gasteiger partial charge is 0.394 e. The highest BCUT2D eigenvalue weighted by molar-refractivity contribution is 4.96. The van der Waals surface area contributed by atoms with Crippen molar-refractivity contribution in [1.29, 1.82) is 0 Å². The van der Waals surface area contributed by atoms with E-state index in [1.165, 1.54) is 0 Å². The van der Waals surface area contributed by atoms with Gasteiger partial charge < -0.3 is 60.5 Å². The maximum absolute atomic E-state index is 10.2. The summed E-state index contributed by atoms with van der Waals surface area (Å²) in [4.78, 5) is 0. The Labute approximate surface area is 140 Å². The molecule has 0 aliphatic carbocycles. The van der Waals surface area contributed by atoms with E-state index in [1.54, 1.807) is 0 Å². The quantitative estimate of drug-likeness (QED) is 0.206. The Morgan fingerprint density at radius 1 is 0.640 bits per heavy atom. The molecule has 2 saturated heterocycles. The average Bonchev–Trinajstić information content (AvgIpc) is 2.58. The van der Waals surface area contributed by atoms with Gasteiger partial charge in [0.05, 0.1) is 13.2 Å². The molecule has 2 fully saturated rings. The summed E-state index contributed by atoms with van der Waals surface area (Å²) in [5.41, 5.74) is 0. The smallest absolute Gasteiger partial charge is 0.315 e. The minimum absolute atomic E-state index is 0.931. The number of ether oxygens (including phenoxy) is 3. The Morgan fingerprint density at radius 2 is 0.960 bits per heavy atom. The summed E-state index contributed by atoms with van der Waals surface area (Å²) in [5.74, 6) is -6.60. The van der Waals surface area contributed by atoms with E-state index in [1.807, 2.05) is 0 Å². The van der Waals surface area contributed by atoms with Crippen LogP contribution in [0.2, 0.25) is 0 Å². The maximum Gasteiger partial charge on any atom is 0.315 e. The molecule has 0 aromatic carbocycles. The molecular weight excluding hydrogens is 352 g/mol. The van der Waals surface area contributed by atoms with Gasteiger partial charge in [0.2, 0.25) is 0 Å². The topological polar surface area (TPSA) is 230 Å². The van der Waals surface area contributed by atoms with Crippen molar-refractivity contribution < 1.29 is 65.3 Å². The Balaban J connectivity index is 2.28. The summed E-state index contributed by atoms with van der Waals surface area (Å²) in [7, 11) is 0. The van der Waals surface area contributed by atoms with E-state index in [2.05, 4.69) is 4.74 Å². The molecule has 10 atom stereocenters. The Bertz CT molecular complexity index is 420. The van der Waals surface area contributed by atoms with Gasteiger partial charge in [-0.05, 0) is 0 Å². The lowest BCUT2D eigenvalue weighted by Gasteiger charge is -2.50. The van der Waals surface area contributed by atoms with Crippen LogP contribution in [-0.4, -0.2) is 125 Å². The van der Waals surface area contributed by atoms with Gasteiger partial charge in [0, 0.05) is 0 Å². The molecule has 0 saturated carbocycles. The van der Waals surface area contributed by atoms with Crippen LogP contribution in [0.15, 0.2) is 0 Å². The molecule has 10 N–H and O–H groups in total. The zero-order chi connectivity index (χ0) is 19.2. The van der Waals surface area contributed by atoms with E-state index < -0.39 is 74.0 Å². The van der Waals surface area contributed by atoms with Crippen LogP contribution in [0.4, 0.5) is 0 Å². The van der Waals surface area contributed by atoms with E-state index in [-0.39, 0.29) is 0 Å². The van der Waals surface area contributed by atoms with Crippen LogP contribution in [-0.2, 0) is 14.2 Å². The van der Waals surface area contributed by atoms with Crippen molar-refractivity contribution in [3.05, 3.63) is 0 Å². The molecule has 0 aromatic rings. The lowest BCUT2D eigenvalue weighted by atomic mass is 9.96. The van der Waals surface area contributed by atoms with Crippen molar-refractivity contribution in [2.75, 3.05) is 13.2 Å². The van der Waals surface area contributed by atoms with Crippen LogP contribution < -0.4 is 0 Å². The van der Waals surface area contributed by atoms with Crippen molar-refractivity contribution in [3.8, 4) is 0 Å². The van der Waals surface area contributed by atoms with Crippen molar-refractivity contribution in [2.45, 2.75) is 60.8 Å². The summed E-state index contributed by atoms with van der Waals surface area (Å²) in [5, 5.41) is 97.0. The SMILES string of the molecule is OCC1OC(O)(OC2(O)OC(CO)C(O)C(O)C2O)C(O)C(O)C1O. The molecule has 2 rings (SSSR count). The summed E-state index contributed by atoms with van der Waals surface area (Å²) >= 11 is 0. The van der Waals surface area contributed by atoms with Crippen molar-refractivity contribution >= 4 is 0 Å². The van der Waals surface area contributed by atoms with E-state index in [4.69, 9.17) is 19.7 Å². The second-order valence-electron chi connectivity index (χ2n) is 5.89. The normalized spacial score (nSPS) is 54.5. The summed E-state index contributed by atoms with van der Waals surface area (Å²) < 4.78 is 14.1. The van der Waals surface area contributed by atoms with Gasteiger partial charge in [0.15, 0.2) is 12.2 Å². The molecule has 0 radical (unpaired) electrons. The summed E-state index contributed by atoms with van der Waals surface area (Å²) in [6.45, 7) is -1.86. The summed E-state index contributed by atoms with van der Waals surface area (Å²) in [6.07, 6.45) is -16.0. The predicted octanol–water partition coefficient (Wildman–Crippen LogP) is -6.76. The molecule has 0 aromatic heterocycles. The van der Waals surface area contributed by atoms with Crippen LogP contribution in [0.3, 0.4) is 0 Å². The number of rotatable bonds is 4. The Hall–Kier alpha value is -0.520. The van der Waals surface area contributed by atoms with Crippen LogP contribution in [0, 0.1) is 0 Å². The molecule has 2 heterocycles. The van der Waals surface area contributed by atoms with Gasteiger partial charge in [-0.2, -0.15) is 0 Å². The lowest BCUT2D eigenvalue weighted by Crippen LogP contribution is -2.73. The standard InChI is InChI=1S/C12H22O13/c13-1-3-5(15)7(17)9(19)11(21,23-3)25-12(22)10(20)8(18)6(16)4(2-14)24-12/h3-10,13-22H,1-2H2. The van der Waals surface area contributed by atoms with Gasteiger partial charge in [-0.15, -0.1) is 0 Å². The molecule has 148 valence electrons. The van der Waals surface area contributed by atoms with E-state index in [9.17, 15) is 40.9 Å². The summed E-state index contributed by atoms with van der Waals surface area (Å²) in [6, 6.07) is 0. The first-order valence-electron chi connectivity index (χ1n) is 7.31. The highest BCUT2D eigenvalue weighted by Crippen LogP contribution is 2.37. The third-order valence-electron chi connectivity index (χ3n) is 4.15. The van der Waals surface area contributed by atoms with E-state index in [0.29, 0.717) is 0 Å². The van der Waals surface area contributed by atoms with Gasteiger partial charge in [-0.1, -0.05) is 0 Å². The molecule has 2 aliphatic rings. The molecule has 0 amide bonds. The molecule has 0 bridgehead atoms. The minimum Gasteiger partial charge on any atom is -0.394 e. The van der Waals surface area contributed by atoms with Crippen LogP contribution in [0.25, 0.3) is 0 Å². The molecule has 25 heavy (non-hydrogen) atoms. The van der Waals surface area contributed by atoms with Gasteiger partial charge in [-0.25, -0.2) is 0 Å². The fourth-order valence-corrected chi connectivity index (χ4v) is 2.63. The monoisotopic (exact) mass is 374 g/mol. The first-order chi connectivity index (χ1) is 11.5. The molecule has 10 unspecified atom stereocenters. The minimum atomic E-state index is -3.30. The molecular formula is C12H22O13. The van der Waals surface area contributed by atoms with Gasteiger partial charge >= 0.3 is 11.9 Å². The average molecular weight is 374 g/mol. The van der Waals surface area contributed by atoms with E-state index in [0.717, 1.165) is 0 Å². The van der Waals surface area contributed by atoms with Crippen molar-refractivity contribution in [3.63, 3.8) is 0 Å². The third-order valence-corrected chi connectivity index (χ3v) is 4.15. The molecule has 0 spiro atoms. The number of aliphatic hydroxyl groups excluding tert-OH is 8. The van der Waals surface area contributed by atoms with Gasteiger partial charge in [-0.3, -0.25) is 4.74 Å². The second kappa shape index (κ2) is 7.24. The highest BCUT2D eigenvalue weighted by Gasteiger charge is 2.62. The first kappa shape index (κ1) is 20.8. The van der Waals surface area contributed by atoms with Crippen LogP contribution in [0.1, 0.15) is 0 Å².